The number of hydrogen-bond acceptors (Lipinski definition) is 4. The van der Waals surface area contributed by atoms with E-state index in [1.54, 1.807) is 0 Å². The topological polar surface area (TPSA) is 52.6 Å². The quantitative estimate of drug-likeness (QED) is 0.422. The van der Waals surface area contributed by atoms with Crippen LogP contribution in [0.1, 0.15) is 64.7 Å². The zero-order chi connectivity index (χ0) is 13.6. The van der Waals surface area contributed by atoms with E-state index in [4.69, 9.17) is 4.74 Å². The molecule has 0 bridgehead atoms. The normalized spacial score (nSPS) is 10.1. The summed E-state index contributed by atoms with van der Waals surface area (Å²) in [6.45, 7) is 2.62. The third-order valence-corrected chi connectivity index (χ3v) is 2.75. The lowest BCUT2D eigenvalue weighted by atomic mass is 10.1. The number of carbonyl (C=O) groups is 2. The second kappa shape index (κ2) is 12.4. The van der Waals surface area contributed by atoms with Crippen molar-refractivity contribution >= 4 is 11.9 Å². The Bertz CT molecular complexity index is 226. The van der Waals surface area contributed by atoms with Crippen LogP contribution in [0.4, 0.5) is 0 Å². The van der Waals surface area contributed by atoms with Gasteiger partial charge in [0.2, 0.25) is 0 Å². The van der Waals surface area contributed by atoms with Crippen molar-refractivity contribution < 1.29 is 19.1 Å². The van der Waals surface area contributed by atoms with Gasteiger partial charge >= 0.3 is 11.9 Å². The van der Waals surface area contributed by atoms with E-state index in [2.05, 4.69) is 11.7 Å². The number of esters is 2. The Labute approximate surface area is 110 Å². The first-order valence-electron chi connectivity index (χ1n) is 6.93. The Hall–Kier alpha value is -1.06. The summed E-state index contributed by atoms with van der Waals surface area (Å²) in [7, 11) is 1.41. The Morgan fingerprint density at radius 2 is 1.39 bits per heavy atom. The van der Waals surface area contributed by atoms with Gasteiger partial charge in [-0.15, -0.1) is 0 Å². The van der Waals surface area contributed by atoms with Gasteiger partial charge in [-0.3, -0.25) is 9.59 Å². The molecule has 0 unspecified atom stereocenters. The number of ether oxygens (including phenoxy) is 2. The predicted octanol–water partition coefficient (Wildman–Crippen LogP) is 3.23. The summed E-state index contributed by atoms with van der Waals surface area (Å²) >= 11 is 0. The van der Waals surface area contributed by atoms with E-state index >= 15 is 0 Å². The fraction of sp³-hybridized carbons (Fsp3) is 0.857. The van der Waals surface area contributed by atoms with Crippen LogP contribution in [0.5, 0.6) is 0 Å². The van der Waals surface area contributed by atoms with E-state index in [0.717, 1.165) is 44.9 Å². The maximum Gasteiger partial charge on any atom is 0.305 e. The Kier molecular flexibility index (Phi) is 11.7. The Morgan fingerprint density at radius 1 is 0.833 bits per heavy atom. The van der Waals surface area contributed by atoms with Crippen molar-refractivity contribution in [1.82, 2.24) is 0 Å². The van der Waals surface area contributed by atoms with Crippen LogP contribution < -0.4 is 0 Å². The summed E-state index contributed by atoms with van der Waals surface area (Å²) in [6.07, 6.45) is 7.84. The second-order valence-electron chi connectivity index (χ2n) is 4.42. The lowest BCUT2D eigenvalue weighted by Gasteiger charge is -2.04. The molecule has 0 N–H and O–H groups in total. The van der Waals surface area contributed by atoms with Gasteiger partial charge in [0.1, 0.15) is 0 Å². The van der Waals surface area contributed by atoms with Crippen molar-refractivity contribution in [1.29, 1.82) is 0 Å². The lowest BCUT2D eigenvalue weighted by molar-refractivity contribution is -0.144. The third-order valence-electron chi connectivity index (χ3n) is 2.75. The number of methoxy groups -OCH3 is 1. The Morgan fingerprint density at radius 3 is 1.94 bits per heavy atom. The molecule has 4 heteroatoms. The van der Waals surface area contributed by atoms with Crippen LogP contribution in [-0.4, -0.2) is 25.7 Å². The van der Waals surface area contributed by atoms with Gasteiger partial charge in [-0.1, -0.05) is 32.6 Å². The monoisotopic (exact) mass is 258 g/mol. The molecule has 0 aliphatic heterocycles. The van der Waals surface area contributed by atoms with Crippen LogP contribution in [0.3, 0.4) is 0 Å². The smallest absolute Gasteiger partial charge is 0.305 e. The van der Waals surface area contributed by atoms with E-state index in [1.165, 1.54) is 7.11 Å². The van der Waals surface area contributed by atoms with Crippen LogP contribution in [0, 0.1) is 0 Å². The average Bonchev–Trinajstić information content (AvgIpc) is 2.37. The molecule has 0 aromatic rings. The summed E-state index contributed by atoms with van der Waals surface area (Å²) < 4.78 is 9.61. The molecule has 0 aromatic heterocycles. The number of hydrogen-bond donors (Lipinski definition) is 0. The first kappa shape index (κ1) is 16.9. The standard InChI is InChI=1S/C14H26O4/c1-3-4-12-18-14(16)11-9-7-5-6-8-10-13(15)17-2/h3-12H2,1-2H3. The van der Waals surface area contributed by atoms with Gasteiger partial charge in [-0.05, 0) is 19.3 Å². The van der Waals surface area contributed by atoms with E-state index in [-0.39, 0.29) is 11.9 Å². The molecule has 0 fully saturated rings. The van der Waals surface area contributed by atoms with Crippen molar-refractivity contribution in [2.24, 2.45) is 0 Å². The van der Waals surface area contributed by atoms with Crippen LogP contribution in [0.25, 0.3) is 0 Å². The molecule has 0 aromatic carbocycles. The molecule has 18 heavy (non-hydrogen) atoms. The first-order chi connectivity index (χ1) is 8.70. The minimum absolute atomic E-state index is 0.0852. The number of unbranched alkanes of at least 4 members (excludes halogenated alkanes) is 5. The molecule has 0 heterocycles. The van der Waals surface area contributed by atoms with E-state index in [9.17, 15) is 9.59 Å². The SMILES string of the molecule is CCCCOC(=O)CCCCCCCC(=O)OC. The van der Waals surface area contributed by atoms with Crippen molar-refractivity contribution in [3.05, 3.63) is 0 Å². The van der Waals surface area contributed by atoms with Crippen LogP contribution >= 0.6 is 0 Å². The molecule has 0 atom stereocenters. The number of carbonyl (C=O) groups excluding carboxylic acids is 2. The maximum atomic E-state index is 11.3. The van der Waals surface area contributed by atoms with Crippen LogP contribution in [0.15, 0.2) is 0 Å². The molecular formula is C14H26O4. The molecule has 106 valence electrons. The molecule has 0 aliphatic carbocycles. The van der Waals surface area contributed by atoms with Crippen LogP contribution in [-0.2, 0) is 19.1 Å². The van der Waals surface area contributed by atoms with Gasteiger partial charge in [0.15, 0.2) is 0 Å². The van der Waals surface area contributed by atoms with Gasteiger partial charge in [-0.25, -0.2) is 0 Å². The summed E-state index contributed by atoms with van der Waals surface area (Å²) in [5.41, 5.74) is 0. The van der Waals surface area contributed by atoms with Gasteiger partial charge < -0.3 is 9.47 Å². The molecule has 0 spiro atoms. The summed E-state index contributed by atoms with van der Waals surface area (Å²) in [5, 5.41) is 0. The third kappa shape index (κ3) is 11.4. The molecular weight excluding hydrogens is 232 g/mol. The largest absolute Gasteiger partial charge is 0.469 e. The highest BCUT2D eigenvalue weighted by Gasteiger charge is 2.02. The van der Waals surface area contributed by atoms with Gasteiger partial charge in [0.25, 0.3) is 0 Å². The summed E-state index contributed by atoms with van der Waals surface area (Å²) in [6, 6.07) is 0. The molecule has 4 nitrogen and oxygen atoms in total. The number of rotatable bonds is 11. The summed E-state index contributed by atoms with van der Waals surface area (Å²) in [4.78, 5) is 22.1. The van der Waals surface area contributed by atoms with Gasteiger partial charge in [0.05, 0.1) is 13.7 Å². The zero-order valence-corrected chi connectivity index (χ0v) is 11.7. The van der Waals surface area contributed by atoms with Gasteiger partial charge in [0, 0.05) is 12.8 Å². The second-order valence-corrected chi connectivity index (χ2v) is 4.42. The van der Waals surface area contributed by atoms with Crippen molar-refractivity contribution in [3.8, 4) is 0 Å². The summed E-state index contributed by atoms with van der Waals surface area (Å²) in [5.74, 6) is -0.229. The highest BCUT2D eigenvalue weighted by Crippen LogP contribution is 2.08. The molecule has 0 rings (SSSR count). The molecule has 0 saturated carbocycles. The average molecular weight is 258 g/mol. The van der Waals surface area contributed by atoms with Crippen LogP contribution in [0.2, 0.25) is 0 Å². The van der Waals surface area contributed by atoms with Crippen molar-refractivity contribution in [2.45, 2.75) is 64.7 Å². The molecule has 0 saturated heterocycles. The lowest BCUT2D eigenvalue weighted by Crippen LogP contribution is -2.05. The minimum Gasteiger partial charge on any atom is -0.469 e. The van der Waals surface area contributed by atoms with Crippen molar-refractivity contribution in [2.75, 3.05) is 13.7 Å². The fourth-order valence-electron chi connectivity index (χ4n) is 1.57. The van der Waals surface area contributed by atoms with Crippen molar-refractivity contribution in [3.63, 3.8) is 0 Å². The Balaban J connectivity index is 3.19. The molecule has 0 amide bonds. The minimum atomic E-state index is -0.144. The molecule has 0 aliphatic rings. The maximum absolute atomic E-state index is 11.3. The van der Waals surface area contributed by atoms with Gasteiger partial charge in [-0.2, -0.15) is 0 Å². The zero-order valence-electron chi connectivity index (χ0n) is 11.7. The predicted molar refractivity (Wildman–Crippen MR) is 70.2 cm³/mol. The van der Waals surface area contributed by atoms with E-state index in [1.807, 2.05) is 0 Å². The van der Waals surface area contributed by atoms with E-state index in [0.29, 0.717) is 19.4 Å². The molecule has 0 radical (unpaired) electrons. The first-order valence-corrected chi connectivity index (χ1v) is 6.93. The highest BCUT2D eigenvalue weighted by molar-refractivity contribution is 5.69. The van der Waals surface area contributed by atoms with E-state index < -0.39 is 0 Å². The fourth-order valence-corrected chi connectivity index (χ4v) is 1.57. The highest BCUT2D eigenvalue weighted by atomic mass is 16.5.